The van der Waals surface area contributed by atoms with E-state index in [-0.39, 0.29) is 11.9 Å². The zero-order valence-corrected chi connectivity index (χ0v) is 14.6. The number of carbonyl (C=O) groups excluding carboxylic acids is 1. The normalized spacial score (nSPS) is 17.2. The Bertz CT molecular complexity index is 754. The summed E-state index contributed by atoms with van der Waals surface area (Å²) in [6, 6.07) is 5.78. The van der Waals surface area contributed by atoms with Crippen LogP contribution in [-0.2, 0) is 7.05 Å². The maximum atomic E-state index is 13.0. The third-order valence-corrected chi connectivity index (χ3v) is 4.78. The molecule has 0 bridgehead atoms. The van der Waals surface area contributed by atoms with Gasteiger partial charge in [-0.05, 0) is 31.9 Å². The van der Waals surface area contributed by atoms with Crippen LogP contribution in [0.3, 0.4) is 0 Å². The summed E-state index contributed by atoms with van der Waals surface area (Å²) in [4.78, 5) is 14.9. The summed E-state index contributed by atoms with van der Waals surface area (Å²) in [7, 11) is 5.12. The summed E-state index contributed by atoms with van der Waals surface area (Å²) in [6.45, 7) is 2.66. The number of nitrogens with zero attached hydrogens (tertiary/aromatic N) is 3. The van der Waals surface area contributed by atoms with Crippen molar-refractivity contribution in [1.29, 1.82) is 0 Å². The lowest BCUT2D eigenvalue weighted by atomic mass is 10.0. The van der Waals surface area contributed by atoms with Crippen LogP contribution in [0.1, 0.15) is 40.5 Å². The van der Waals surface area contributed by atoms with E-state index in [9.17, 15) is 4.79 Å². The Balaban J connectivity index is 1.94. The summed E-state index contributed by atoms with van der Waals surface area (Å²) < 4.78 is 12.5. The van der Waals surface area contributed by atoms with Gasteiger partial charge in [-0.2, -0.15) is 5.10 Å². The Hall–Kier alpha value is -2.50. The molecule has 128 valence electrons. The molecular formula is C18H23N3O3. The van der Waals surface area contributed by atoms with Gasteiger partial charge in [-0.25, -0.2) is 0 Å². The van der Waals surface area contributed by atoms with Gasteiger partial charge in [0, 0.05) is 30.9 Å². The van der Waals surface area contributed by atoms with Crippen molar-refractivity contribution in [1.82, 2.24) is 14.7 Å². The van der Waals surface area contributed by atoms with E-state index in [1.165, 1.54) is 0 Å². The van der Waals surface area contributed by atoms with Crippen LogP contribution in [0.5, 0.6) is 11.5 Å². The van der Waals surface area contributed by atoms with E-state index in [4.69, 9.17) is 9.47 Å². The largest absolute Gasteiger partial charge is 0.497 e. The number of hydrogen-bond donors (Lipinski definition) is 0. The number of aryl methyl sites for hydroxylation is 1. The molecule has 1 fully saturated rings. The molecule has 0 spiro atoms. The molecule has 6 nitrogen and oxygen atoms in total. The third-order valence-electron chi connectivity index (χ3n) is 4.78. The lowest BCUT2D eigenvalue weighted by Gasteiger charge is -2.26. The highest BCUT2D eigenvalue weighted by atomic mass is 16.5. The quantitative estimate of drug-likeness (QED) is 0.865. The summed E-state index contributed by atoms with van der Waals surface area (Å²) >= 11 is 0. The molecule has 6 heteroatoms. The fourth-order valence-electron chi connectivity index (χ4n) is 3.29. The Morgan fingerprint density at radius 3 is 2.71 bits per heavy atom. The number of likely N-dealkylation sites (tertiary alicyclic amines) is 1. The first-order valence-electron chi connectivity index (χ1n) is 8.08. The molecule has 2 aromatic rings. The standard InChI is InChI=1S/C18H23N3O3/c1-12-15(11-19-20(12)2)18(22)21-9-5-6-16(21)14-8-7-13(23-3)10-17(14)24-4/h7-8,10-11,16H,5-6,9H2,1-4H3/t16-/m0/s1. The highest BCUT2D eigenvalue weighted by molar-refractivity contribution is 5.95. The van der Waals surface area contributed by atoms with Crippen LogP contribution in [-0.4, -0.2) is 41.4 Å². The molecule has 0 aliphatic carbocycles. The predicted molar refractivity (Wildman–Crippen MR) is 90.5 cm³/mol. The summed E-state index contributed by atoms with van der Waals surface area (Å²) in [5.41, 5.74) is 2.56. The zero-order chi connectivity index (χ0) is 17.3. The number of rotatable bonds is 4. The molecule has 1 aliphatic heterocycles. The average Bonchev–Trinajstić information content (AvgIpc) is 3.21. The van der Waals surface area contributed by atoms with Crippen molar-refractivity contribution in [3.63, 3.8) is 0 Å². The van der Waals surface area contributed by atoms with Crippen LogP contribution in [0.2, 0.25) is 0 Å². The lowest BCUT2D eigenvalue weighted by molar-refractivity contribution is 0.0733. The van der Waals surface area contributed by atoms with E-state index in [0.717, 1.165) is 42.1 Å². The smallest absolute Gasteiger partial charge is 0.257 e. The molecular weight excluding hydrogens is 306 g/mol. The monoisotopic (exact) mass is 329 g/mol. The minimum atomic E-state index is 0.0120. The van der Waals surface area contributed by atoms with Gasteiger partial charge in [-0.1, -0.05) is 0 Å². The lowest BCUT2D eigenvalue weighted by Crippen LogP contribution is -2.31. The third kappa shape index (κ3) is 2.72. The van der Waals surface area contributed by atoms with Crippen LogP contribution >= 0.6 is 0 Å². The Morgan fingerprint density at radius 1 is 1.29 bits per heavy atom. The molecule has 1 aliphatic rings. The molecule has 0 saturated carbocycles. The minimum Gasteiger partial charge on any atom is -0.497 e. The molecule has 1 saturated heterocycles. The average molecular weight is 329 g/mol. The second-order valence-corrected chi connectivity index (χ2v) is 6.03. The van der Waals surface area contributed by atoms with Crippen molar-refractivity contribution in [2.45, 2.75) is 25.8 Å². The highest BCUT2D eigenvalue weighted by Gasteiger charge is 2.33. The Morgan fingerprint density at radius 2 is 2.08 bits per heavy atom. The first kappa shape index (κ1) is 16.4. The van der Waals surface area contributed by atoms with Crippen molar-refractivity contribution < 1.29 is 14.3 Å². The second-order valence-electron chi connectivity index (χ2n) is 6.03. The number of methoxy groups -OCH3 is 2. The Kier molecular flexibility index (Phi) is 4.46. The molecule has 3 rings (SSSR count). The molecule has 2 heterocycles. The zero-order valence-electron chi connectivity index (χ0n) is 14.6. The van der Waals surface area contributed by atoms with Gasteiger partial charge >= 0.3 is 0 Å². The van der Waals surface area contributed by atoms with Crippen LogP contribution in [0.25, 0.3) is 0 Å². The molecule has 1 aromatic carbocycles. The van der Waals surface area contributed by atoms with Gasteiger partial charge in [0.2, 0.25) is 0 Å². The van der Waals surface area contributed by atoms with E-state index in [0.29, 0.717) is 5.56 Å². The fourth-order valence-corrected chi connectivity index (χ4v) is 3.29. The van der Waals surface area contributed by atoms with Crippen LogP contribution in [0.4, 0.5) is 0 Å². The van der Waals surface area contributed by atoms with Gasteiger partial charge in [0.05, 0.1) is 32.0 Å². The first-order valence-corrected chi connectivity index (χ1v) is 8.08. The first-order chi connectivity index (χ1) is 11.6. The SMILES string of the molecule is COc1ccc([C@@H]2CCCN2C(=O)c2cnn(C)c2C)c(OC)c1. The molecule has 0 radical (unpaired) electrons. The van der Waals surface area contributed by atoms with Crippen molar-refractivity contribution in [2.24, 2.45) is 7.05 Å². The van der Waals surface area contributed by atoms with Crippen molar-refractivity contribution in [3.05, 3.63) is 41.2 Å². The number of amides is 1. The number of ether oxygens (including phenoxy) is 2. The van der Waals surface area contributed by atoms with Crippen LogP contribution < -0.4 is 9.47 Å². The van der Waals surface area contributed by atoms with Crippen molar-refractivity contribution >= 4 is 5.91 Å². The molecule has 1 amide bonds. The molecule has 1 aromatic heterocycles. The summed E-state index contributed by atoms with van der Waals surface area (Å²) in [5.74, 6) is 1.53. The van der Waals surface area contributed by atoms with Gasteiger partial charge in [0.15, 0.2) is 0 Å². The number of carbonyl (C=O) groups is 1. The van der Waals surface area contributed by atoms with Gasteiger partial charge in [0.25, 0.3) is 5.91 Å². The molecule has 0 unspecified atom stereocenters. The molecule has 0 N–H and O–H groups in total. The fraction of sp³-hybridized carbons (Fsp3) is 0.444. The molecule has 1 atom stereocenters. The van der Waals surface area contributed by atoms with Crippen molar-refractivity contribution in [2.75, 3.05) is 20.8 Å². The number of aromatic nitrogens is 2. The highest BCUT2D eigenvalue weighted by Crippen LogP contribution is 2.39. The van der Waals surface area contributed by atoms with Crippen molar-refractivity contribution in [3.8, 4) is 11.5 Å². The topological polar surface area (TPSA) is 56.6 Å². The van der Waals surface area contributed by atoms with E-state index in [1.807, 2.05) is 37.1 Å². The Labute approximate surface area is 142 Å². The van der Waals surface area contributed by atoms with Gasteiger partial charge < -0.3 is 14.4 Å². The van der Waals surface area contributed by atoms with Crippen LogP contribution in [0, 0.1) is 6.92 Å². The van der Waals surface area contributed by atoms with Crippen LogP contribution in [0.15, 0.2) is 24.4 Å². The van der Waals surface area contributed by atoms with E-state index < -0.39 is 0 Å². The van der Waals surface area contributed by atoms with Gasteiger partial charge in [0.1, 0.15) is 11.5 Å². The second kappa shape index (κ2) is 6.55. The number of benzene rings is 1. The van der Waals surface area contributed by atoms with E-state index in [1.54, 1.807) is 25.1 Å². The predicted octanol–water partition coefficient (Wildman–Crippen LogP) is 2.72. The van der Waals surface area contributed by atoms with E-state index >= 15 is 0 Å². The number of hydrogen-bond acceptors (Lipinski definition) is 4. The minimum absolute atomic E-state index is 0.0120. The van der Waals surface area contributed by atoms with E-state index in [2.05, 4.69) is 5.10 Å². The van der Waals surface area contributed by atoms with Gasteiger partial charge in [-0.3, -0.25) is 9.48 Å². The molecule has 24 heavy (non-hydrogen) atoms. The summed E-state index contributed by atoms with van der Waals surface area (Å²) in [6.07, 6.45) is 3.55. The summed E-state index contributed by atoms with van der Waals surface area (Å²) in [5, 5.41) is 4.19. The maximum absolute atomic E-state index is 13.0. The van der Waals surface area contributed by atoms with Gasteiger partial charge in [-0.15, -0.1) is 0 Å². The maximum Gasteiger partial charge on any atom is 0.257 e.